The second-order valence-corrected chi connectivity index (χ2v) is 6.66. The summed E-state index contributed by atoms with van der Waals surface area (Å²) in [5.74, 6) is -0.0654. The van der Waals surface area contributed by atoms with E-state index < -0.39 is 5.97 Å². The van der Waals surface area contributed by atoms with Crippen LogP contribution in [-0.4, -0.2) is 31.0 Å². The molecule has 0 unspecified atom stereocenters. The lowest BCUT2D eigenvalue weighted by Gasteiger charge is -2.18. The van der Waals surface area contributed by atoms with Crippen molar-refractivity contribution in [2.75, 3.05) is 14.2 Å². The quantitative estimate of drug-likeness (QED) is 0.586. The molecule has 2 aromatic rings. The SMILES string of the molecule is COC(=O)C1=C(C)N(Cc2ccc(C)cc2)C(=O)/C1=C\c1cccc(OC)c1. The van der Waals surface area contributed by atoms with Crippen LogP contribution in [0.15, 0.2) is 65.4 Å². The first-order chi connectivity index (χ1) is 13.4. The van der Waals surface area contributed by atoms with E-state index >= 15 is 0 Å². The van der Waals surface area contributed by atoms with E-state index in [1.165, 1.54) is 7.11 Å². The molecule has 5 nitrogen and oxygen atoms in total. The maximum absolute atomic E-state index is 13.2. The summed E-state index contributed by atoms with van der Waals surface area (Å²) in [6.45, 7) is 4.17. The van der Waals surface area contributed by atoms with Crippen LogP contribution >= 0.6 is 0 Å². The predicted octanol–water partition coefficient (Wildman–Crippen LogP) is 3.88. The summed E-state index contributed by atoms with van der Waals surface area (Å²) in [6.07, 6.45) is 1.70. The topological polar surface area (TPSA) is 55.8 Å². The molecule has 5 heteroatoms. The fraction of sp³-hybridized carbons (Fsp3) is 0.217. The lowest BCUT2D eigenvalue weighted by atomic mass is 10.0. The van der Waals surface area contributed by atoms with Gasteiger partial charge in [-0.15, -0.1) is 0 Å². The average Bonchev–Trinajstić information content (AvgIpc) is 2.93. The molecule has 0 saturated carbocycles. The van der Waals surface area contributed by atoms with Crippen LogP contribution in [0.5, 0.6) is 5.75 Å². The molecule has 1 aliphatic heterocycles. The van der Waals surface area contributed by atoms with Crippen LogP contribution in [0.3, 0.4) is 0 Å². The Hall–Kier alpha value is -3.34. The molecule has 0 saturated heterocycles. The van der Waals surface area contributed by atoms with Crippen molar-refractivity contribution in [3.8, 4) is 5.75 Å². The number of ether oxygens (including phenoxy) is 2. The van der Waals surface area contributed by atoms with E-state index in [0.29, 0.717) is 29.1 Å². The van der Waals surface area contributed by atoms with E-state index in [2.05, 4.69) is 0 Å². The summed E-state index contributed by atoms with van der Waals surface area (Å²) in [5.41, 5.74) is 4.12. The van der Waals surface area contributed by atoms with Crippen LogP contribution in [0.1, 0.15) is 23.6 Å². The van der Waals surface area contributed by atoms with Crippen LogP contribution in [-0.2, 0) is 20.9 Å². The van der Waals surface area contributed by atoms with Crippen molar-refractivity contribution in [1.82, 2.24) is 4.90 Å². The monoisotopic (exact) mass is 377 g/mol. The van der Waals surface area contributed by atoms with Gasteiger partial charge in [-0.3, -0.25) is 4.79 Å². The van der Waals surface area contributed by atoms with Gasteiger partial charge in [-0.05, 0) is 43.2 Å². The van der Waals surface area contributed by atoms with Crippen LogP contribution in [0.2, 0.25) is 0 Å². The number of hydrogen-bond donors (Lipinski definition) is 0. The summed E-state index contributed by atoms with van der Waals surface area (Å²) >= 11 is 0. The Bertz CT molecular complexity index is 970. The molecule has 1 amide bonds. The minimum Gasteiger partial charge on any atom is -0.497 e. The molecule has 3 rings (SSSR count). The highest BCUT2D eigenvalue weighted by molar-refractivity contribution is 6.16. The average molecular weight is 377 g/mol. The predicted molar refractivity (Wildman–Crippen MR) is 107 cm³/mol. The van der Waals surface area contributed by atoms with E-state index in [1.54, 1.807) is 25.0 Å². The minimum absolute atomic E-state index is 0.221. The van der Waals surface area contributed by atoms with Gasteiger partial charge in [0.15, 0.2) is 0 Å². The highest BCUT2D eigenvalue weighted by atomic mass is 16.5. The minimum atomic E-state index is -0.522. The van der Waals surface area contributed by atoms with E-state index in [1.807, 2.05) is 55.5 Å². The van der Waals surface area contributed by atoms with Crippen molar-refractivity contribution in [3.05, 3.63) is 82.1 Å². The van der Waals surface area contributed by atoms with E-state index in [4.69, 9.17) is 9.47 Å². The van der Waals surface area contributed by atoms with E-state index in [0.717, 1.165) is 16.7 Å². The zero-order chi connectivity index (χ0) is 20.3. The second kappa shape index (κ2) is 8.13. The Labute approximate surface area is 164 Å². The van der Waals surface area contributed by atoms with Gasteiger partial charge in [0, 0.05) is 5.70 Å². The summed E-state index contributed by atoms with van der Waals surface area (Å²) in [5, 5.41) is 0. The maximum atomic E-state index is 13.2. The number of carbonyl (C=O) groups is 2. The number of nitrogens with zero attached hydrogens (tertiary/aromatic N) is 1. The molecule has 0 aromatic heterocycles. The normalized spacial score (nSPS) is 15.4. The standard InChI is InChI=1S/C23H23NO4/c1-15-8-10-17(11-9-15)14-24-16(2)21(23(26)28-4)20(22(24)25)13-18-6-5-7-19(12-18)27-3/h5-13H,14H2,1-4H3/b20-13-. The number of carbonyl (C=O) groups excluding carboxylic acids is 2. The van der Waals surface area contributed by atoms with Gasteiger partial charge in [0.2, 0.25) is 0 Å². The highest BCUT2D eigenvalue weighted by Gasteiger charge is 2.36. The molecule has 0 N–H and O–H groups in total. The summed E-state index contributed by atoms with van der Waals surface area (Å²) in [6, 6.07) is 15.3. The summed E-state index contributed by atoms with van der Waals surface area (Å²) < 4.78 is 10.2. The smallest absolute Gasteiger partial charge is 0.340 e. The van der Waals surface area contributed by atoms with E-state index in [9.17, 15) is 9.59 Å². The van der Waals surface area contributed by atoms with Gasteiger partial charge < -0.3 is 14.4 Å². The third-order valence-corrected chi connectivity index (χ3v) is 4.77. The first-order valence-corrected chi connectivity index (χ1v) is 8.97. The van der Waals surface area contributed by atoms with Crippen LogP contribution in [0.4, 0.5) is 0 Å². The Morgan fingerprint density at radius 2 is 1.79 bits per heavy atom. The molecule has 0 fully saturated rings. The number of rotatable bonds is 5. The van der Waals surface area contributed by atoms with Crippen molar-refractivity contribution in [2.24, 2.45) is 0 Å². The van der Waals surface area contributed by atoms with Gasteiger partial charge in [-0.1, -0.05) is 42.0 Å². The molecule has 0 bridgehead atoms. The molecule has 28 heavy (non-hydrogen) atoms. The molecule has 0 aliphatic carbocycles. The number of allylic oxidation sites excluding steroid dienone is 1. The van der Waals surface area contributed by atoms with Gasteiger partial charge >= 0.3 is 5.97 Å². The molecule has 0 radical (unpaired) electrons. The number of aryl methyl sites for hydroxylation is 1. The molecule has 1 aliphatic rings. The summed E-state index contributed by atoms with van der Waals surface area (Å²) in [7, 11) is 2.90. The van der Waals surface area contributed by atoms with Gasteiger partial charge in [0.25, 0.3) is 5.91 Å². The zero-order valence-corrected chi connectivity index (χ0v) is 16.5. The van der Waals surface area contributed by atoms with Crippen LogP contribution in [0.25, 0.3) is 6.08 Å². The molecule has 0 atom stereocenters. The molecular weight excluding hydrogens is 354 g/mol. The van der Waals surface area contributed by atoms with Crippen molar-refractivity contribution in [3.63, 3.8) is 0 Å². The lowest BCUT2D eigenvalue weighted by Crippen LogP contribution is -2.24. The molecule has 1 heterocycles. The Kier molecular flexibility index (Phi) is 5.64. The van der Waals surface area contributed by atoms with Gasteiger partial charge in [-0.2, -0.15) is 0 Å². The molecular formula is C23H23NO4. The third-order valence-electron chi connectivity index (χ3n) is 4.77. The summed E-state index contributed by atoms with van der Waals surface area (Å²) in [4.78, 5) is 27.2. The molecule has 0 spiro atoms. The zero-order valence-electron chi connectivity index (χ0n) is 16.5. The third kappa shape index (κ3) is 3.83. The van der Waals surface area contributed by atoms with Gasteiger partial charge in [0.1, 0.15) is 5.75 Å². The maximum Gasteiger partial charge on any atom is 0.340 e. The number of esters is 1. The fourth-order valence-corrected chi connectivity index (χ4v) is 3.19. The first kappa shape index (κ1) is 19.4. The number of amides is 1. The van der Waals surface area contributed by atoms with Crippen LogP contribution in [0, 0.1) is 6.92 Å². The number of methoxy groups -OCH3 is 2. The Balaban J connectivity index is 2.01. The van der Waals surface area contributed by atoms with Crippen molar-refractivity contribution < 1.29 is 19.1 Å². The van der Waals surface area contributed by atoms with Crippen molar-refractivity contribution in [1.29, 1.82) is 0 Å². The van der Waals surface area contributed by atoms with Crippen molar-refractivity contribution in [2.45, 2.75) is 20.4 Å². The van der Waals surface area contributed by atoms with Crippen LogP contribution < -0.4 is 4.74 Å². The molecule has 2 aromatic carbocycles. The van der Waals surface area contributed by atoms with E-state index in [-0.39, 0.29) is 5.91 Å². The number of benzene rings is 2. The largest absolute Gasteiger partial charge is 0.497 e. The molecule has 144 valence electrons. The Morgan fingerprint density at radius 1 is 1.07 bits per heavy atom. The first-order valence-electron chi connectivity index (χ1n) is 8.97. The van der Waals surface area contributed by atoms with Gasteiger partial charge in [-0.25, -0.2) is 4.79 Å². The van der Waals surface area contributed by atoms with Crippen molar-refractivity contribution >= 4 is 18.0 Å². The Morgan fingerprint density at radius 3 is 2.43 bits per heavy atom. The fourth-order valence-electron chi connectivity index (χ4n) is 3.19. The highest BCUT2D eigenvalue weighted by Crippen LogP contribution is 2.33. The van der Waals surface area contributed by atoms with Gasteiger partial charge in [0.05, 0.1) is 31.9 Å². The second-order valence-electron chi connectivity index (χ2n) is 6.66. The lowest BCUT2D eigenvalue weighted by molar-refractivity contribution is -0.136. The number of hydrogen-bond acceptors (Lipinski definition) is 4.